The zero-order valence-electron chi connectivity index (χ0n) is 19.2. The molecule has 2 aliphatic rings. The van der Waals surface area contributed by atoms with E-state index in [9.17, 15) is 0 Å². The Balaban J connectivity index is 1.31. The molecule has 5 rings (SSSR count). The van der Waals surface area contributed by atoms with E-state index in [1.165, 1.54) is 16.7 Å². The van der Waals surface area contributed by atoms with Crippen molar-refractivity contribution >= 4 is 28.4 Å². The second-order valence-corrected chi connectivity index (χ2v) is 8.97. The molecule has 1 saturated heterocycles. The van der Waals surface area contributed by atoms with Crippen LogP contribution < -0.4 is 5.32 Å². The Bertz CT molecular complexity index is 1130. The van der Waals surface area contributed by atoms with E-state index in [-0.39, 0.29) is 0 Å². The number of hydrogen-bond acceptors (Lipinski definition) is 7. The Morgan fingerprint density at radius 2 is 1.78 bits per heavy atom. The van der Waals surface area contributed by atoms with Crippen LogP contribution in [0.2, 0.25) is 0 Å². The molecule has 0 unspecified atom stereocenters. The number of piperazine rings is 1. The predicted molar refractivity (Wildman–Crippen MR) is 130 cm³/mol. The molecule has 7 heteroatoms. The molecule has 1 aromatic carbocycles. The van der Waals surface area contributed by atoms with Crippen LogP contribution in [0.3, 0.4) is 0 Å². The molecule has 0 spiro atoms. The molecule has 4 heterocycles. The molecule has 1 fully saturated rings. The Hall–Kier alpha value is -2.90. The number of likely N-dealkylation sites (N-methyl/N-ethyl adjacent to an activating group) is 1. The quantitative estimate of drug-likeness (QED) is 0.642. The third kappa shape index (κ3) is 4.23. The van der Waals surface area contributed by atoms with E-state index in [4.69, 9.17) is 9.98 Å². The van der Waals surface area contributed by atoms with Crippen LogP contribution >= 0.6 is 0 Å². The maximum absolute atomic E-state index is 4.85. The van der Waals surface area contributed by atoms with Gasteiger partial charge in [-0.25, -0.2) is 15.0 Å². The van der Waals surface area contributed by atoms with E-state index in [0.717, 1.165) is 68.2 Å². The summed E-state index contributed by atoms with van der Waals surface area (Å²) in [5.74, 6) is 1.69. The third-order valence-electron chi connectivity index (χ3n) is 6.44. The summed E-state index contributed by atoms with van der Waals surface area (Å²) in [6.07, 6.45) is 3.84. The number of nitrogens with one attached hydrogen (secondary N) is 1. The van der Waals surface area contributed by atoms with Crippen LogP contribution in [-0.4, -0.2) is 63.2 Å². The van der Waals surface area contributed by atoms with Gasteiger partial charge in [0.15, 0.2) is 0 Å². The fourth-order valence-corrected chi connectivity index (χ4v) is 4.57. The summed E-state index contributed by atoms with van der Waals surface area (Å²) in [6.45, 7) is 13.9. The number of hydrogen-bond donors (Lipinski definition) is 1. The van der Waals surface area contributed by atoms with Gasteiger partial charge >= 0.3 is 0 Å². The summed E-state index contributed by atoms with van der Waals surface area (Å²) in [4.78, 5) is 23.7. The van der Waals surface area contributed by atoms with Crippen molar-refractivity contribution in [2.45, 2.75) is 33.9 Å². The minimum atomic E-state index is 0.368. The van der Waals surface area contributed by atoms with Gasteiger partial charge in [-0.2, -0.15) is 0 Å². The average Bonchev–Trinajstić information content (AvgIpc) is 3.26. The van der Waals surface area contributed by atoms with E-state index < -0.39 is 0 Å². The van der Waals surface area contributed by atoms with Crippen LogP contribution in [0.15, 0.2) is 41.7 Å². The fraction of sp³-hybridized carbons (Fsp3) is 0.440. The lowest BCUT2D eigenvalue weighted by Crippen LogP contribution is -2.45. The van der Waals surface area contributed by atoms with Gasteiger partial charge in [0, 0.05) is 61.8 Å². The molecule has 2 aromatic heterocycles. The topological polar surface area (TPSA) is 69.5 Å². The lowest BCUT2D eigenvalue weighted by atomic mass is 9.96. The molecular weight excluding hydrogens is 398 g/mol. The molecule has 3 aromatic rings. The number of nitrogens with zero attached hydrogens (tertiary/aromatic N) is 6. The maximum Gasteiger partial charge on any atom is 0.228 e. The van der Waals surface area contributed by atoms with Crippen molar-refractivity contribution in [1.29, 1.82) is 0 Å². The summed E-state index contributed by atoms with van der Waals surface area (Å²) in [5.41, 5.74) is 5.75. The van der Waals surface area contributed by atoms with Crippen molar-refractivity contribution in [3.63, 3.8) is 0 Å². The minimum Gasteiger partial charge on any atom is -0.309 e. The number of rotatable bonds is 6. The summed E-state index contributed by atoms with van der Waals surface area (Å²) in [6, 6.07) is 8.39. The smallest absolute Gasteiger partial charge is 0.228 e. The fourth-order valence-electron chi connectivity index (χ4n) is 4.57. The van der Waals surface area contributed by atoms with E-state index in [1.807, 2.05) is 18.5 Å². The monoisotopic (exact) mass is 429 g/mol. The molecule has 0 aliphatic carbocycles. The van der Waals surface area contributed by atoms with Crippen molar-refractivity contribution in [3.8, 4) is 0 Å². The van der Waals surface area contributed by atoms with Gasteiger partial charge in [-0.15, -0.1) is 0 Å². The Kier molecular flexibility index (Phi) is 5.85. The standard InChI is InChI=1S/C25H31N7/c1-4-31-9-11-32(12-10-31)16-18-5-8-21(26-13-18)29-25-28-15-20-7-6-19-14-27-23(17(2)3)22(19)24(20)30-25/h5-8,13,15,17H,4,9-12,14,16H2,1-3H3,(H,26,28,29,30). The average molecular weight is 430 g/mol. The zero-order valence-corrected chi connectivity index (χ0v) is 19.2. The second kappa shape index (κ2) is 8.92. The second-order valence-electron chi connectivity index (χ2n) is 8.97. The maximum atomic E-state index is 4.85. The van der Waals surface area contributed by atoms with E-state index in [0.29, 0.717) is 11.9 Å². The highest BCUT2D eigenvalue weighted by Crippen LogP contribution is 2.30. The molecule has 2 aliphatic heterocycles. The van der Waals surface area contributed by atoms with Crippen LogP contribution in [0.4, 0.5) is 11.8 Å². The first-order valence-corrected chi connectivity index (χ1v) is 11.6. The van der Waals surface area contributed by atoms with Crippen molar-refractivity contribution in [2.75, 3.05) is 38.0 Å². The zero-order chi connectivity index (χ0) is 22.1. The Morgan fingerprint density at radius 1 is 0.969 bits per heavy atom. The van der Waals surface area contributed by atoms with E-state index >= 15 is 0 Å². The van der Waals surface area contributed by atoms with Crippen LogP contribution in [-0.2, 0) is 13.1 Å². The molecule has 166 valence electrons. The number of fused-ring (bicyclic) bond motifs is 3. The molecule has 0 bridgehead atoms. The number of anilines is 2. The van der Waals surface area contributed by atoms with Gasteiger partial charge in [-0.3, -0.25) is 9.89 Å². The summed E-state index contributed by atoms with van der Waals surface area (Å²) in [7, 11) is 0. The number of pyridine rings is 1. The van der Waals surface area contributed by atoms with Crippen LogP contribution in [0, 0.1) is 5.92 Å². The molecule has 0 radical (unpaired) electrons. The predicted octanol–water partition coefficient (Wildman–Crippen LogP) is 3.86. The lowest BCUT2D eigenvalue weighted by Gasteiger charge is -2.33. The SMILES string of the molecule is CCN1CCN(Cc2ccc(Nc3ncc4ccc5c(c4n3)C(C(C)C)=NC5)nc2)CC1. The minimum absolute atomic E-state index is 0.368. The van der Waals surface area contributed by atoms with Gasteiger partial charge < -0.3 is 10.2 Å². The molecule has 32 heavy (non-hydrogen) atoms. The first-order chi connectivity index (χ1) is 15.6. The van der Waals surface area contributed by atoms with Crippen LogP contribution in [0.1, 0.15) is 37.5 Å². The molecule has 7 nitrogen and oxygen atoms in total. The molecule has 0 amide bonds. The Labute approximate surface area is 189 Å². The summed E-state index contributed by atoms with van der Waals surface area (Å²) in [5, 5.41) is 4.32. The third-order valence-corrected chi connectivity index (χ3v) is 6.44. The lowest BCUT2D eigenvalue weighted by molar-refractivity contribution is 0.132. The van der Waals surface area contributed by atoms with Crippen LogP contribution in [0.25, 0.3) is 10.9 Å². The highest BCUT2D eigenvalue weighted by molar-refractivity contribution is 6.13. The largest absolute Gasteiger partial charge is 0.309 e. The first kappa shape index (κ1) is 21.0. The van der Waals surface area contributed by atoms with Gasteiger partial charge in [-0.1, -0.05) is 39.0 Å². The highest BCUT2D eigenvalue weighted by Gasteiger charge is 2.22. The van der Waals surface area contributed by atoms with E-state index in [1.54, 1.807) is 0 Å². The van der Waals surface area contributed by atoms with Gasteiger partial charge in [0.05, 0.1) is 12.1 Å². The van der Waals surface area contributed by atoms with Crippen molar-refractivity contribution in [1.82, 2.24) is 24.8 Å². The van der Waals surface area contributed by atoms with Gasteiger partial charge in [-0.05, 0) is 29.7 Å². The Morgan fingerprint density at radius 3 is 2.50 bits per heavy atom. The number of aromatic nitrogens is 3. The number of benzene rings is 1. The normalized spacial score (nSPS) is 17.1. The van der Waals surface area contributed by atoms with Crippen molar-refractivity contribution < 1.29 is 0 Å². The van der Waals surface area contributed by atoms with Crippen molar-refractivity contribution in [2.24, 2.45) is 10.9 Å². The molecule has 1 N–H and O–H groups in total. The van der Waals surface area contributed by atoms with Crippen molar-refractivity contribution in [3.05, 3.63) is 53.3 Å². The number of aliphatic imine (C=N–C) groups is 1. The molecular formula is C25H31N7. The van der Waals surface area contributed by atoms with Gasteiger partial charge in [0.1, 0.15) is 5.82 Å². The van der Waals surface area contributed by atoms with E-state index in [2.05, 4.69) is 64.1 Å². The van der Waals surface area contributed by atoms with Crippen LogP contribution in [0.5, 0.6) is 0 Å². The van der Waals surface area contributed by atoms with Gasteiger partial charge in [0.25, 0.3) is 0 Å². The first-order valence-electron chi connectivity index (χ1n) is 11.6. The summed E-state index contributed by atoms with van der Waals surface area (Å²) < 4.78 is 0. The molecule has 0 atom stereocenters. The molecule has 0 saturated carbocycles. The van der Waals surface area contributed by atoms with Gasteiger partial charge in [0.2, 0.25) is 5.95 Å². The summed E-state index contributed by atoms with van der Waals surface area (Å²) >= 11 is 0. The highest BCUT2D eigenvalue weighted by atomic mass is 15.3.